The van der Waals surface area contributed by atoms with Gasteiger partial charge < -0.3 is 5.32 Å². The van der Waals surface area contributed by atoms with E-state index in [1.54, 1.807) is 6.08 Å². The van der Waals surface area contributed by atoms with Crippen LogP contribution in [-0.4, -0.2) is 17.6 Å². The lowest BCUT2D eigenvalue weighted by Gasteiger charge is -2.01. The summed E-state index contributed by atoms with van der Waals surface area (Å²) < 4.78 is 0. The molecule has 1 aromatic heterocycles. The second kappa shape index (κ2) is 5.39. The molecule has 0 saturated heterocycles. The first kappa shape index (κ1) is 10.7. The number of amides is 2. The number of hydrogen-bond donors (Lipinski definition) is 2. The zero-order chi connectivity index (χ0) is 10.4. The maximum atomic E-state index is 11.2. The zero-order valence-electron chi connectivity index (χ0n) is 8.04. The van der Waals surface area contributed by atoms with Crippen LogP contribution < -0.4 is 10.6 Å². The number of anilines is 1. The third kappa shape index (κ3) is 3.18. The van der Waals surface area contributed by atoms with Crippen LogP contribution >= 0.6 is 11.3 Å². The molecule has 1 heterocycles. The van der Waals surface area contributed by atoms with E-state index in [0.29, 0.717) is 11.7 Å². The van der Waals surface area contributed by atoms with E-state index >= 15 is 0 Å². The number of thiazole rings is 1. The van der Waals surface area contributed by atoms with Crippen molar-refractivity contribution < 1.29 is 4.79 Å². The Kier molecular flexibility index (Phi) is 4.12. The molecule has 1 rings (SSSR count). The van der Waals surface area contributed by atoms with E-state index in [1.165, 1.54) is 11.3 Å². The van der Waals surface area contributed by atoms with Gasteiger partial charge in [0, 0.05) is 11.9 Å². The fourth-order valence-corrected chi connectivity index (χ4v) is 1.62. The van der Waals surface area contributed by atoms with Gasteiger partial charge in [0.25, 0.3) is 0 Å². The summed E-state index contributed by atoms with van der Waals surface area (Å²) in [5.41, 5.74) is 0.994. The summed E-state index contributed by atoms with van der Waals surface area (Å²) in [5.74, 6) is 0. The summed E-state index contributed by atoms with van der Waals surface area (Å²) in [7, 11) is 0. The summed E-state index contributed by atoms with van der Waals surface area (Å²) >= 11 is 1.43. The van der Waals surface area contributed by atoms with Gasteiger partial charge in [0.2, 0.25) is 0 Å². The molecule has 5 heteroatoms. The summed E-state index contributed by atoms with van der Waals surface area (Å²) in [5, 5.41) is 7.81. The first-order valence-corrected chi connectivity index (χ1v) is 5.24. The second-order valence-electron chi connectivity index (χ2n) is 2.62. The topological polar surface area (TPSA) is 54.0 Å². The Morgan fingerprint density at radius 1 is 1.79 bits per heavy atom. The van der Waals surface area contributed by atoms with Crippen molar-refractivity contribution >= 4 is 22.5 Å². The van der Waals surface area contributed by atoms with Gasteiger partial charge in [0.15, 0.2) is 5.13 Å². The molecular weight excluding hydrogens is 198 g/mol. The molecule has 0 spiro atoms. The predicted molar refractivity (Wildman–Crippen MR) is 58.7 cm³/mol. The van der Waals surface area contributed by atoms with Crippen LogP contribution in [0, 0.1) is 0 Å². The summed E-state index contributed by atoms with van der Waals surface area (Å²) in [6.07, 6.45) is 2.51. The molecule has 0 radical (unpaired) electrons. The Hall–Kier alpha value is -1.36. The number of nitrogens with zero attached hydrogens (tertiary/aromatic N) is 1. The third-order valence-corrected chi connectivity index (χ3v) is 2.35. The Morgan fingerprint density at radius 3 is 3.14 bits per heavy atom. The maximum Gasteiger partial charge on any atom is 0.321 e. The minimum absolute atomic E-state index is 0.248. The van der Waals surface area contributed by atoms with E-state index in [4.69, 9.17) is 0 Å². The lowest BCUT2D eigenvalue weighted by molar-refractivity contribution is 0.253. The molecule has 0 aliphatic heterocycles. The highest BCUT2D eigenvalue weighted by Gasteiger charge is 2.03. The van der Waals surface area contributed by atoms with E-state index in [1.807, 2.05) is 12.3 Å². The number of hydrogen-bond acceptors (Lipinski definition) is 3. The lowest BCUT2D eigenvalue weighted by atomic mass is 10.4. The zero-order valence-corrected chi connectivity index (χ0v) is 8.86. The monoisotopic (exact) mass is 211 g/mol. The maximum absolute atomic E-state index is 11.2. The number of carbonyl (C=O) groups excluding carboxylic acids is 1. The Balaban J connectivity index is 2.43. The van der Waals surface area contributed by atoms with E-state index < -0.39 is 0 Å². The number of aromatic nitrogens is 1. The van der Waals surface area contributed by atoms with Crippen molar-refractivity contribution in [3.05, 3.63) is 23.7 Å². The third-order valence-electron chi connectivity index (χ3n) is 1.54. The Labute approximate surface area is 87.1 Å². The van der Waals surface area contributed by atoms with Gasteiger partial charge in [-0.3, -0.25) is 5.32 Å². The Morgan fingerprint density at radius 2 is 2.57 bits per heavy atom. The number of carbonyl (C=O) groups is 1. The molecule has 0 atom stereocenters. The number of aryl methyl sites for hydroxylation is 1. The van der Waals surface area contributed by atoms with Gasteiger partial charge >= 0.3 is 6.03 Å². The molecule has 1 aromatic rings. The molecule has 0 fully saturated rings. The van der Waals surface area contributed by atoms with E-state index in [2.05, 4.69) is 22.2 Å². The summed E-state index contributed by atoms with van der Waals surface area (Å²) in [4.78, 5) is 15.4. The van der Waals surface area contributed by atoms with Crippen molar-refractivity contribution in [2.45, 2.75) is 13.3 Å². The molecule has 0 saturated carbocycles. The highest BCUT2D eigenvalue weighted by Crippen LogP contribution is 2.15. The van der Waals surface area contributed by atoms with Crippen molar-refractivity contribution in [1.82, 2.24) is 10.3 Å². The lowest BCUT2D eigenvalue weighted by Crippen LogP contribution is -2.28. The van der Waals surface area contributed by atoms with E-state index in [0.717, 1.165) is 12.1 Å². The van der Waals surface area contributed by atoms with Crippen molar-refractivity contribution in [2.75, 3.05) is 11.9 Å². The van der Waals surface area contributed by atoms with E-state index in [-0.39, 0.29) is 6.03 Å². The molecule has 0 bridgehead atoms. The van der Waals surface area contributed by atoms with Crippen LogP contribution in [0.4, 0.5) is 9.93 Å². The second-order valence-corrected chi connectivity index (χ2v) is 3.48. The molecule has 0 aliphatic rings. The van der Waals surface area contributed by atoms with E-state index in [9.17, 15) is 4.79 Å². The van der Waals surface area contributed by atoms with Crippen molar-refractivity contribution in [2.24, 2.45) is 0 Å². The highest BCUT2D eigenvalue weighted by molar-refractivity contribution is 7.13. The van der Waals surface area contributed by atoms with Gasteiger partial charge in [0.05, 0.1) is 5.69 Å². The van der Waals surface area contributed by atoms with Crippen LogP contribution in [0.25, 0.3) is 0 Å². The first-order chi connectivity index (χ1) is 6.76. The minimum Gasteiger partial charge on any atom is -0.334 e. The molecule has 0 unspecified atom stereocenters. The normalized spacial score (nSPS) is 9.50. The molecule has 0 aliphatic carbocycles. The predicted octanol–water partition coefficient (Wildman–Crippen LogP) is 2.01. The quantitative estimate of drug-likeness (QED) is 0.748. The fourth-order valence-electron chi connectivity index (χ4n) is 0.833. The van der Waals surface area contributed by atoms with Gasteiger partial charge in [-0.15, -0.1) is 17.9 Å². The van der Waals surface area contributed by atoms with Crippen molar-refractivity contribution in [1.29, 1.82) is 0 Å². The number of urea groups is 1. The first-order valence-electron chi connectivity index (χ1n) is 4.36. The SMILES string of the molecule is C=CCNC(=O)Nc1nc(CC)cs1. The highest BCUT2D eigenvalue weighted by atomic mass is 32.1. The van der Waals surface area contributed by atoms with Crippen LogP contribution in [0.2, 0.25) is 0 Å². The molecule has 14 heavy (non-hydrogen) atoms. The van der Waals surface area contributed by atoms with Gasteiger partial charge in [0.1, 0.15) is 0 Å². The van der Waals surface area contributed by atoms with Gasteiger partial charge in [-0.25, -0.2) is 9.78 Å². The van der Waals surface area contributed by atoms with Crippen LogP contribution in [0.3, 0.4) is 0 Å². The minimum atomic E-state index is -0.248. The fraction of sp³-hybridized carbons (Fsp3) is 0.333. The van der Waals surface area contributed by atoms with Crippen LogP contribution in [0.5, 0.6) is 0 Å². The van der Waals surface area contributed by atoms with Gasteiger partial charge in [-0.05, 0) is 6.42 Å². The van der Waals surface area contributed by atoms with Crippen LogP contribution in [0.15, 0.2) is 18.0 Å². The Bertz CT molecular complexity index is 322. The largest absolute Gasteiger partial charge is 0.334 e. The summed E-state index contributed by atoms with van der Waals surface area (Å²) in [6.45, 7) is 5.98. The standard InChI is InChI=1S/C9H13N3OS/c1-3-5-10-8(13)12-9-11-7(4-2)6-14-9/h3,6H,1,4-5H2,2H3,(H2,10,11,12,13). The molecule has 2 N–H and O–H groups in total. The smallest absolute Gasteiger partial charge is 0.321 e. The van der Waals surface area contributed by atoms with Crippen LogP contribution in [-0.2, 0) is 6.42 Å². The molecular formula is C9H13N3OS. The van der Waals surface area contributed by atoms with Crippen LogP contribution in [0.1, 0.15) is 12.6 Å². The average molecular weight is 211 g/mol. The molecule has 4 nitrogen and oxygen atoms in total. The molecule has 76 valence electrons. The van der Waals surface area contributed by atoms with Crippen molar-refractivity contribution in [3.8, 4) is 0 Å². The number of nitrogens with one attached hydrogen (secondary N) is 2. The molecule has 2 amide bonds. The average Bonchev–Trinajstić information content (AvgIpc) is 2.62. The summed E-state index contributed by atoms with van der Waals surface area (Å²) in [6, 6.07) is -0.248. The van der Waals surface area contributed by atoms with Gasteiger partial charge in [-0.2, -0.15) is 0 Å². The van der Waals surface area contributed by atoms with Crippen molar-refractivity contribution in [3.63, 3.8) is 0 Å². The van der Waals surface area contributed by atoms with Gasteiger partial charge in [-0.1, -0.05) is 13.0 Å². The number of rotatable bonds is 4. The molecule has 0 aromatic carbocycles.